The Bertz CT molecular complexity index is 442. The van der Waals surface area contributed by atoms with Crippen LogP contribution in [0.4, 0.5) is 5.69 Å². The Kier molecular flexibility index (Phi) is 5.24. The average Bonchev–Trinajstić information content (AvgIpc) is 2.48. The van der Waals surface area contributed by atoms with E-state index in [4.69, 9.17) is 4.74 Å². The number of hydrogen-bond acceptors (Lipinski definition) is 4. The third kappa shape index (κ3) is 3.63. The summed E-state index contributed by atoms with van der Waals surface area (Å²) in [5.74, 6) is 0.444. The van der Waals surface area contributed by atoms with Crippen molar-refractivity contribution in [3.63, 3.8) is 0 Å². The highest BCUT2D eigenvalue weighted by Crippen LogP contribution is 2.27. The number of ether oxygens (including phenoxy) is 1. The van der Waals surface area contributed by atoms with Crippen LogP contribution in [0.5, 0.6) is 5.75 Å². The van der Waals surface area contributed by atoms with Crippen LogP contribution in [0.1, 0.15) is 13.3 Å². The summed E-state index contributed by atoms with van der Waals surface area (Å²) in [6.45, 7) is 5.95. The first-order valence-corrected chi connectivity index (χ1v) is 7.11. The molecule has 1 amide bonds. The number of aromatic hydroxyl groups is 1. The fraction of sp³-hybridized carbons (Fsp3) is 0.533. The van der Waals surface area contributed by atoms with Gasteiger partial charge < -0.3 is 19.6 Å². The van der Waals surface area contributed by atoms with E-state index in [9.17, 15) is 9.90 Å². The zero-order valence-electron chi connectivity index (χ0n) is 11.9. The molecule has 5 heteroatoms. The maximum atomic E-state index is 12.0. The maximum Gasteiger partial charge on any atom is 0.225 e. The summed E-state index contributed by atoms with van der Waals surface area (Å²) >= 11 is 0. The average molecular weight is 278 g/mol. The second-order valence-electron chi connectivity index (χ2n) is 4.80. The Morgan fingerprint density at radius 3 is 2.60 bits per heavy atom. The molecule has 1 N–H and O–H groups in total. The number of hydrogen-bond donors (Lipinski definition) is 1. The summed E-state index contributed by atoms with van der Waals surface area (Å²) in [7, 11) is 0. The molecular weight excluding hydrogens is 256 g/mol. The van der Waals surface area contributed by atoms with Gasteiger partial charge in [-0.3, -0.25) is 4.79 Å². The molecule has 5 nitrogen and oxygen atoms in total. The number of benzene rings is 1. The van der Waals surface area contributed by atoms with Gasteiger partial charge in [-0.2, -0.15) is 0 Å². The molecule has 1 aromatic rings. The molecule has 0 unspecified atom stereocenters. The number of amides is 1. The van der Waals surface area contributed by atoms with Crippen LogP contribution in [-0.2, 0) is 9.53 Å². The molecule has 0 saturated carbocycles. The number of carbonyl (C=O) groups excluding carboxylic acids is 1. The van der Waals surface area contributed by atoms with E-state index in [2.05, 4.69) is 4.90 Å². The second kappa shape index (κ2) is 7.14. The van der Waals surface area contributed by atoms with E-state index in [0.29, 0.717) is 38.5 Å². The van der Waals surface area contributed by atoms with Crippen LogP contribution in [0.15, 0.2) is 24.3 Å². The lowest BCUT2D eigenvalue weighted by Crippen LogP contribution is -2.49. The van der Waals surface area contributed by atoms with Crippen LogP contribution < -0.4 is 4.90 Å². The number of carbonyl (C=O) groups is 1. The Morgan fingerprint density at radius 1 is 1.25 bits per heavy atom. The smallest absolute Gasteiger partial charge is 0.225 e. The molecule has 1 aliphatic rings. The van der Waals surface area contributed by atoms with Crippen LogP contribution in [0.3, 0.4) is 0 Å². The molecule has 1 aromatic carbocycles. The van der Waals surface area contributed by atoms with Crippen molar-refractivity contribution >= 4 is 11.6 Å². The van der Waals surface area contributed by atoms with Gasteiger partial charge in [-0.25, -0.2) is 0 Å². The Balaban J connectivity index is 1.83. The monoisotopic (exact) mass is 278 g/mol. The first kappa shape index (κ1) is 14.7. The van der Waals surface area contributed by atoms with Gasteiger partial charge in [-0.15, -0.1) is 0 Å². The van der Waals surface area contributed by atoms with E-state index < -0.39 is 0 Å². The number of anilines is 1. The highest BCUT2D eigenvalue weighted by molar-refractivity contribution is 5.76. The van der Waals surface area contributed by atoms with Crippen LogP contribution in [-0.4, -0.2) is 55.3 Å². The lowest BCUT2D eigenvalue weighted by atomic mass is 10.2. The molecule has 0 aromatic heterocycles. The summed E-state index contributed by atoms with van der Waals surface area (Å²) in [6.07, 6.45) is 0.449. The highest BCUT2D eigenvalue weighted by Gasteiger charge is 2.22. The van der Waals surface area contributed by atoms with E-state index in [1.807, 2.05) is 30.0 Å². The predicted molar refractivity (Wildman–Crippen MR) is 78.0 cm³/mol. The first-order valence-electron chi connectivity index (χ1n) is 7.11. The molecule has 0 aliphatic carbocycles. The molecule has 0 spiro atoms. The fourth-order valence-electron chi connectivity index (χ4n) is 2.39. The molecule has 2 rings (SSSR count). The Morgan fingerprint density at radius 2 is 1.95 bits per heavy atom. The minimum absolute atomic E-state index is 0.149. The van der Waals surface area contributed by atoms with Crippen molar-refractivity contribution in [2.45, 2.75) is 13.3 Å². The number of rotatable bonds is 5. The SMILES string of the molecule is CCOCCC(=O)N1CCN(c2ccccc2O)CC1. The van der Waals surface area contributed by atoms with E-state index in [1.165, 1.54) is 0 Å². The summed E-state index contributed by atoms with van der Waals surface area (Å²) in [6, 6.07) is 7.32. The van der Waals surface area contributed by atoms with Crippen molar-refractivity contribution in [1.82, 2.24) is 4.90 Å². The lowest BCUT2D eigenvalue weighted by Gasteiger charge is -2.36. The van der Waals surface area contributed by atoms with E-state index in [-0.39, 0.29) is 5.91 Å². The zero-order valence-corrected chi connectivity index (χ0v) is 11.9. The molecule has 1 saturated heterocycles. The van der Waals surface area contributed by atoms with Crippen molar-refractivity contribution in [2.24, 2.45) is 0 Å². The van der Waals surface area contributed by atoms with Crippen molar-refractivity contribution in [2.75, 3.05) is 44.3 Å². The molecule has 110 valence electrons. The van der Waals surface area contributed by atoms with Crippen LogP contribution in [0, 0.1) is 0 Å². The predicted octanol–water partition coefficient (Wildman–Crippen LogP) is 1.47. The molecule has 20 heavy (non-hydrogen) atoms. The van der Waals surface area contributed by atoms with Crippen molar-refractivity contribution in [3.05, 3.63) is 24.3 Å². The molecule has 1 aliphatic heterocycles. The van der Waals surface area contributed by atoms with Gasteiger partial charge in [0, 0.05) is 32.8 Å². The van der Waals surface area contributed by atoms with Gasteiger partial charge >= 0.3 is 0 Å². The summed E-state index contributed by atoms with van der Waals surface area (Å²) in [4.78, 5) is 15.9. The third-order valence-electron chi connectivity index (χ3n) is 3.52. The number of piperazine rings is 1. The number of nitrogens with zero attached hydrogens (tertiary/aromatic N) is 2. The van der Waals surface area contributed by atoms with E-state index in [0.717, 1.165) is 18.8 Å². The molecule has 0 atom stereocenters. The topological polar surface area (TPSA) is 53.0 Å². The normalized spacial score (nSPS) is 15.4. The van der Waals surface area contributed by atoms with Crippen molar-refractivity contribution in [1.29, 1.82) is 0 Å². The van der Waals surface area contributed by atoms with Gasteiger partial charge in [-0.05, 0) is 19.1 Å². The molecular formula is C15H22N2O3. The van der Waals surface area contributed by atoms with Crippen molar-refractivity contribution < 1.29 is 14.6 Å². The molecule has 0 radical (unpaired) electrons. The van der Waals surface area contributed by atoms with Crippen LogP contribution in [0.2, 0.25) is 0 Å². The van der Waals surface area contributed by atoms with Crippen molar-refractivity contribution in [3.8, 4) is 5.75 Å². The van der Waals surface area contributed by atoms with Gasteiger partial charge in [0.1, 0.15) is 5.75 Å². The largest absolute Gasteiger partial charge is 0.506 e. The second-order valence-corrected chi connectivity index (χ2v) is 4.80. The van der Waals surface area contributed by atoms with E-state index >= 15 is 0 Å². The van der Waals surface area contributed by atoms with Gasteiger partial charge in [0.25, 0.3) is 0 Å². The molecule has 1 heterocycles. The Labute approximate surface area is 119 Å². The van der Waals surface area contributed by atoms with Gasteiger partial charge in [0.05, 0.1) is 18.7 Å². The summed E-state index contributed by atoms with van der Waals surface area (Å²) < 4.78 is 5.21. The number of phenolic OH excluding ortho intramolecular Hbond substituents is 1. The summed E-state index contributed by atoms with van der Waals surface area (Å²) in [5.41, 5.74) is 0.842. The third-order valence-corrected chi connectivity index (χ3v) is 3.52. The molecule has 1 fully saturated rings. The van der Waals surface area contributed by atoms with E-state index in [1.54, 1.807) is 6.07 Å². The highest BCUT2D eigenvalue weighted by atomic mass is 16.5. The fourth-order valence-corrected chi connectivity index (χ4v) is 2.39. The van der Waals surface area contributed by atoms with Gasteiger partial charge in [0.2, 0.25) is 5.91 Å². The number of para-hydroxylation sites is 2. The minimum Gasteiger partial charge on any atom is -0.506 e. The summed E-state index contributed by atoms with van der Waals surface area (Å²) in [5, 5.41) is 9.84. The first-order chi connectivity index (χ1) is 9.72. The van der Waals surface area contributed by atoms with Crippen LogP contribution in [0.25, 0.3) is 0 Å². The maximum absolute atomic E-state index is 12.0. The van der Waals surface area contributed by atoms with Crippen LogP contribution >= 0.6 is 0 Å². The minimum atomic E-state index is 0.149. The quantitative estimate of drug-likeness (QED) is 0.829. The van der Waals surface area contributed by atoms with Gasteiger partial charge in [-0.1, -0.05) is 12.1 Å². The Hall–Kier alpha value is -1.75. The van der Waals surface area contributed by atoms with Gasteiger partial charge in [0.15, 0.2) is 0 Å². The standard InChI is InChI=1S/C15H22N2O3/c1-2-20-12-7-15(19)17-10-8-16(9-11-17)13-5-3-4-6-14(13)18/h3-6,18H,2,7-12H2,1H3. The number of phenols is 1. The molecule has 0 bridgehead atoms. The lowest BCUT2D eigenvalue weighted by molar-refractivity contribution is -0.132. The zero-order chi connectivity index (χ0) is 14.4.